The molecule has 2 fully saturated rings. The van der Waals surface area contributed by atoms with Gasteiger partial charge in [-0.25, -0.2) is 13.2 Å². The van der Waals surface area contributed by atoms with Crippen molar-refractivity contribution in [1.29, 1.82) is 0 Å². The smallest absolute Gasteiger partial charge is 0.407 e. The molecule has 2 N–H and O–H groups in total. The number of carbonyl (C=O) groups excluding carboxylic acids is 2. The largest absolute Gasteiger partial charge is 0.497 e. The lowest BCUT2D eigenvalue weighted by Gasteiger charge is -2.35. The number of alkyl carbamates (subject to hydrolysis) is 1. The molecule has 2 aromatic carbocycles. The number of aliphatic hydroxyl groups excluding tert-OH is 1. The van der Waals surface area contributed by atoms with Crippen LogP contribution in [-0.4, -0.2) is 87.7 Å². The topological polar surface area (TPSA) is 141 Å². The molecule has 12 heteroatoms. The molecule has 45 heavy (non-hydrogen) atoms. The number of amides is 1. The van der Waals surface area contributed by atoms with E-state index in [1.807, 2.05) is 44.2 Å². The molecule has 0 radical (unpaired) electrons. The summed E-state index contributed by atoms with van der Waals surface area (Å²) in [5.41, 5.74) is 0.256. The van der Waals surface area contributed by atoms with Gasteiger partial charge in [-0.2, -0.15) is 4.31 Å². The quantitative estimate of drug-likeness (QED) is 0.278. The zero-order valence-electron chi connectivity index (χ0n) is 26.5. The van der Waals surface area contributed by atoms with Crippen LogP contribution in [0.2, 0.25) is 0 Å². The van der Waals surface area contributed by atoms with E-state index in [9.17, 15) is 23.1 Å². The van der Waals surface area contributed by atoms with Gasteiger partial charge in [0.25, 0.3) is 0 Å². The fourth-order valence-corrected chi connectivity index (χ4v) is 7.36. The predicted octanol–water partition coefficient (Wildman–Crippen LogP) is 3.93. The molecule has 0 aliphatic carbocycles. The van der Waals surface area contributed by atoms with E-state index in [4.69, 9.17) is 18.9 Å². The molecular weight excluding hydrogens is 600 g/mol. The van der Waals surface area contributed by atoms with Gasteiger partial charge in [0.15, 0.2) is 6.29 Å². The first-order valence-electron chi connectivity index (χ1n) is 15.5. The molecule has 2 aliphatic heterocycles. The van der Waals surface area contributed by atoms with E-state index in [1.165, 1.54) is 23.5 Å². The number of nitrogens with zero attached hydrogens (tertiary/aromatic N) is 1. The Morgan fingerprint density at radius 3 is 2.49 bits per heavy atom. The summed E-state index contributed by atoms with van der Waals surface area (Å²) in [6.45, 7) is 6.10. The number of benzene rings is 2. The number of aliphatic hydroxyl groups is 1. The van der Waals surface area contributed by atoms with Crippen LogP contribution in [0.5, 0.6) is 5.75 Å². The summed E-state index contributed by atoms with van der Waals surface area (Å²) in [7, 11) is -2.61. The van der Waals surface area contributed by atoms with Crippen LogP contribution in [0, 0.1) is 11.3 Å². The van der Waals surface area contributed by atoms with Crippen LogP contribution in [0.25, 0.3) is 0 Å². The third-order valence-electron chi connectivity index (χ3n) is 8.48. The van der Waals surface area contributed by atoms with Crippen LogP contribution in [0.3, 0.4) is 0 Å². The van der Waals surface area contributed by atoms with Crippen molar-refractivity contribution >= 4 is 21.9 Å². The van der Waals surface area contributed by atoms with Crippen molar-refractivity contribution in [2.24, 2.45) is 11.3 Å². The Kier molecular flexibility index (Phi) is 12.0. The molecule has 248 valence electrons. The lowest BCUT2D eigenvalue weighted by atomic mass is 9.86. The average Bonchev–Trinajstić information content (AvgIpc) is 3.65. The first kappa shape index (κ1) is 34.8. The molecule has 2 aliphatic rings. The summed E-state index contributed by atoms with van der Waals surface area (Å²) in [5.74, 6) is 0.550. The van der Waals surface area contributed by atoms with E-state index >= 15 is 0 Å². The van der Waals surface area contributed by atoms with E-state index in [0.717, 1.165) is 12.0 Å². The Morgan fingerprint density at radius 1 is 1.11 bits per heavy atom. The summed E-state index contributed by atoms with van der Waals surface area (Å²) in [4.78, 5) is 25.3. The van der Waals surface area contributed by atoms with Crippen LogP contribution in [0.4, 0.5) is 4.79 Å². The highest BCUT2D eigenvalue weighted by atomic mass is 32.2. The number of ketones is 1. The summed E-state index contributed by atoms with van der Waals surface area (Å²) in [6.07, 6.45) is -0.740. The predicted molar refractivity (Wildman–Crippen MR) is 167 cm³/mol. The van der Waals surface area contributed by atoms with Gasteiger partial charge in [-0.05, 0) is 54.5 Å². The minimum absolute atomic E-state index is 0.0393. The van der Waals surface area contributed by atoms with Crippen LogP contribution in [-0.2, 0) is 35.4 Å². The number of rotatable bonds is 16. The van der Waals surface area contributed by atoms with Crippen LogP contribution in [0.1, 0.15) is 52.0 Å². The Balaban J connectivity index is 1.57. The minimum Gasteiger partial charge on any atom is -0.497 e. The molecule has 0 bridgehead atoms. The van der Waals surface area contributed by atoms with Gasteiger partial charge in [0.1, 0.15) is 17.6 Å². The number of hydrogen-bond donors (Lipinski definition) is 2. The highest BCUT2D eigenvalue weighted by Crippen LogP contribution is 2.33. The summed E-state index contributed by atoms with van der Waals surface area (Å²) in [6, 6.07) is 14.5. The second-order valence-electron chi connectivity index (χ2n) is 12.5. The van der Waals surface area contributed by atoms with Crippen molar-refractivity contribution in [2.75, 3.05) is 33.4 Å². The normalized spacial score (nSPS) is 21.2. The van der Waals surface area contributed by atoms with E-state index in [1.54, 1.807) is 19.1 Å². The third-order valence-corrected chi connectivity index (χ3v) is 10.3. The van der Waals surface area contributed by atoms with Crippen LogP contribution < -0.4 is 10.1 Å². The molecule has 0 aromatic heterocycles. The van der Waals surface area contributed by atoms with Crippen molar-refractivity contribution in [2.45, 2.75) is 82.3 Å². The molecular formula is C33H46N2O9S. The van der Waals surface area contributed by atoms with Gasteiger partial charge >= 0.3 is 6.09 Å². The number of ether oxygens (including phenoxy) is 4. The van der Waals surface area contributed by atoms with E-state index in [-0.39, 0.29) is 49.0 Å². The molecule has 2 saturated heterocycles. The molecule has 11 nitrogen and oxygen atoms in total. The van der Waals surface area contributed by atoms with Crippen LogP contribution >= 0.6 is 0 Å². The van der Waals surface area contributed by atoms with E-state index < -0.39 is 39.8 Å². The highest BCUT2D eigenvalue weighted by Gasteiger charge is 2.44. The standard InChI is InChI=1S/C33H46N2O9S/c1-5-24(36)15-17-33(2,3)22-35(45(39,40)26-13-11-25(41-4)12-14-26)20-29(37)28(19-23-9-7-6-8-10-23)34-32(38)44-30-21-43-31-27(30)16-18-42-31/h6-14,27-31,37H,5,15-22H2,1-4H3,(H,34,38)/t27?,28-,29+,30?,31?/m0/s1. The number of sulfonamides is 1. The molecule has 5 atom stereocenters. The first-order chi connectivity index (χ1) is 21.4. The Labute approximate surface area is 266 Å². The summed E-state index contributed by atoms with van der Waals surface area (Å²) >= 11 is 0. The van der Waals surface area contributed by atoms with Gasteiger partial charge in [0, 0.05) is 25.9 Å². The second-order valence-corrected chi connectivity index (χ2v) is 14.4. The van der Waals surface area contributed by atoms with Crippen molar-refractivity contribution in [3.8, 4) is 5.75 Å². The number of Topliss-reactive ketones (excluding diaryl/α,β-unsaturated/α-hetero) is 1. The number of fused-ring (bicyclic) bond motifs is 1. The third kappa shape index (κ3) is 9.49. The van der Waals surface area contributed by atoms with Gasteiger partial charge in [-0.15, -0.1) is 0 Å². The van der Waals surface area contributed by atoms with Crippen molar-refractivity contribution in [3.05, 3.63) is 60.2 Å². The van der Waals surface area contributed by atoms with Crippen molar-refractivity contribution in [3.63, 3.8) is 0 Å². The molecule has 0 saturated carbocycles. The average molecular weight is 647 g/mol. The Morgan fingerprint density at radius 2 is 1.82 bits per heavy atom. The van der Waals surface area contributed by atoms with Crippen molar-refractivity contribution in [1.82, 2.24) is 9.62 Å². The monoisotopic (exact) mass is 646 g/mol. The molecule has 1 amide bonds. The fourth-order valence-electron chi connectivity index (χ4n) is 5.71. The van der Waals surface area contributed by atoms with E-state index in [0.29, 0.717) is 31.6 Å². The zero-order chi connectivity index (χ0) is 32.6. The van der Waals surface area contributed by atoms with E-state index in [2.05, 4.69) is 5.32 Å². The molecule has 2 heterocycles. The molecule has 0 spiro atoms. The SMILES string of the molecule is CCC(=O)CCC(C)(C)CN(C[C@@H](O)[C@H](Cc1ccccc1)NC(=O)OC1COC2OCCC12)S(=O)(=O)c1ccc(OC)cc1. The number of nitrogens with one attached hydrogen (secondary N) is 1. The maximum absolute atomic E-state index is 14.0. The maximum atomic E-state index is 14.0. The van der Waals surface area contributed by atoms with Crippen molar-refractivity contribution < 1.29 is 42.1 Å². The van der Waals surface area contributed by atoms with Gasteiger partial charge in [0.05, 0.1) is 43.3 Å². The number of methoxy groups -OCH3 is 1. The second kappa shape index (κ2) is 15.5. The number of hydrogen-bond acceptors (Lipinski definition) is 9. The van der Waals surface area contributed by atoms with Gasteiger partial charge in [-0.1, -0.05) is 51.1 Å². The summed E-state index contributed by atoms with van der Waals surface area (Å²) in [5, 5.41) is 14.5. The fraction of sp³-hybridized carbons (Fsp3) is 0.576. The highest BCUT2D eigenvalue weighted by molar-refractivity contribution is 7.89. The number of carbonyl (C=O) groups is 2. The lowest BCUT2D eigenvalue weighted by molar-refractivity contribution is -0.119. The zero-order valence-corrected chi connectivity index (χ0v) is 27.3. The Bertz CT molecular complexity index is 1370. The molecule has 4 rings (SSSR count). The summed E-state index contributed by atoms with van der Waals surface area (Å²) < 4.78 is 51.4. The van der Waals surface area contributed by atoms with Gasteiger partial charge in [-0.3, -0.25) is 4.79 Å². The van der Waals surface area contributed by atoms with Gasteiger partial charge in [0.2, 0.25) is 10.0 Å². The minimum atomic E-state index is -4.10. The first-order valence-corrected chi connectivity index (χ1v) is 16.9. The van der Waals surface area contributed by atoms with Crippen LogP contribution in [0.15, 0.2) is 59.5 Å². The molecule has 2 aromatic rings. The Hall–Kier alpha value is -3.03. The maximum Gasteiger partial charge on any atom is 0.407 e. The lowest BCUT2D eigenvalue weighted by Crippen LogP contribution is -2.52. The van der Waals surface area contributed by atoms with Gasteiger partial charge < -0.3 is 29.4 Å². The molecule has 3 unspecified atom stereocenters.